The molecule has 6 nitrogen and oxygen atoms in total. The molecule has 7 heteroatoms. The third-order valence-electron chi connectivity index (χ3n) is 4.19. The lowest BCUT2D eigenvalue weighted by molar-refractivity contribution is -0.136. The van der Waals surface area contributed by atoms with Crippen LogP contribution in [0.2, 0.25) is 5.02 Å². The van der Waals surface area contributed by atoms with Gasteiger partial charge in [0.1, 0.15) is 11.8 Å². The quantitative estimate of drug-likeness (QED) is 0.852. The number of halogens is 1. The van der Waals surface area contributed by atoms with Crippen LogP contribution in [-0.4, -0.2) is 41.5 Å². The highest BCUT2D eigenvalue weighted by atomic mass is 35.5. The first-order valence-corrected chi connectivity index (χ1v) is 8.09. The zero-order valence-corrected chi connectivity index (χ0v) is 14.3. The Morgan fingerprint density at radius 3 is 2.88 bits per heavy atom. The fraction of sp³-hybridized carbons (Fsp3) is 0.353. The van der Waals surface area contributed by atoms with Gasteiger partial charge in [0.25, 0.3) is 0 Å². The number of anilines is 1. The van der Waals surface area contributed by atoms with Crippen LogP contribution in [0, 0.1) is 6.92 Å². The van der Waals surface area contributed by atoms with E-state index in [0.717, 1.165) is 0 Å². The number of aryl methyl sites for hydroxylation is 1. The molecule has 126 valence electrons. The fourth-order valence-electron chi connectivity index (χ4n) is 2.89. The Balaban J connectivity index is 1.70. The maximum Gasteiger partial charge on any atom is 0.249 e. The third kappa shape index (κ3) is 3.14. The Labute approximate surface area is 145 Å². The molecule has 0 spiro atoms. The number of carbonyl (C=O) groups is 2. The fourth-order valence-corrected chi connectivity index (χ4v) is 3.13. The van der Waals surface area contributed by atoms with Crippen LogP contribution in [0.3, 0.4) is 0 Å². The van der Waals surface area contributed by atoms with Crippen molar-refractivity contribution in [3.8, 4) is 0 Å². The summed E-state index contributed by atoms with van der Waals surface area (Å²) in [6.07, 6.45) is 0.688. The third-order valence-corrected chi connectivity index (χ3v) is 4.51. The molecule has 0 aliphatic carbocycles. The number of hydrogen-bond acceptors (Lipinski definition) is 4. The standard InChI is InChI=1S/C17H18ClN3O3/c1-11-9-12(19-24-11)10-16(22)20(2)15-7-8-21(17(15)23)14-6-4-3-5-13(14)18/h3-6,9,15H,7-8,10H2,1-2H3/t15-/m0/s1. The van der Waals surface area contributed by atoms with E-state index >= 15 is 0 Å². The number of aromatic nitrogens is 1. The molecule has 0 radical (unpaired) electrons. The smallest absolute Gasteiger partial charge is 0.249 e. The van der Waals surface area contributed by atoms with Gasteiger partial charge in [0.05, 0.1) is 22.8 Å². The highest BCUT2D eigenvalue weighted by molar-refractivity contribution is 6.34. The van der Waals surface area contributed by atoms with E-state index in [0.29, 0.717) is 35.1 Å². The SMILES string of the molecule is Cc1cc(CC(=O)N(C)[C@H]2CCN(c3ccccc3Cl)C2=O)no1. The van der Waals surface area contributed by atoms with Crippen molar-refractivity contribution in [2.24, 2.45) is 0 Å². The molecule has 24 heavy (non-hydrogen) atoms. The summed E-state index contributed by atoms with van der Waals surface area (Å²) in [7, 11) is 1.65. The van der Waals surface area contributed by atoms with Gasteiger partial charge in [0, 0.05) is 19.7 Å². The second-order valence-corrected chi connectivity index (χ2v) is 6.26. The first-order valence-electron chi connectivity index (χ1n) is 7.71. The van der Waals surface area contributed by atoms with Gasteiger partial charge in [-0.1, -0.05) is 28.9 Å². The number of benzene rings is 1. The summed E-state index contributed by atoms with van der Waals surface area (Å²) in [4.78, 5) is 28.2. The Morgan fingerprint density at radius 2 is 2.21 bits per heavy atom. The summed E-state index contributed by atoms with van der Waals surface area (Å²) in [5.41, 5.74) is 1.25. The van der Waals surface area contributed by atoms with Gasteiger partial charge >= 0.3 is 0 Å². The van der Waals surface area contributed by atoms with Crippen LogP contribution in [-0.2, 0) is 16.0 Å². The number of hydrogen-bond donors (Lipinski definition) is 0. The van der Waals surface area contributed by atoms with Gasteiger partial charge in [-0.15, -0.1) is 0 Å². The molecule has 1 aliphatic heterocycles. The van der Waals surface area contributed by atoms with E-state index in [1.54, 1.807) is 31.0 Å². The van der Waals surface area contributed by atoms with Gasteiger partial charge < -0.3 is 14.3 Å². The Hall–Kier alpha value is -2.34. The minimum absolute atomic E-state index is 0.115. The molecule has 0 N–H and O–H groups in total. The largest absolute Gasteiger partial charge is 0.361 e. The van der Waals surface area contributed by atoms with Crippen LogP contribution in [0.15, 0.2) is 34.9 Å². The lowest BCUT2D eigenvalue weighted by Gasteiger charge is -2.24. The molecular weight excluding hydrogens is 330 g/mol. The number of rotatable bonds is 4. The van der Waals surface area contributed by atoms with E-state index in [2.05, 4.69) is 5.16 Å². The van der Waals surface area contributed by atoms with Gasteiger partial charge in [-0.3, -0.25) is 9.59 Å². The van der Waals surface area contributed by atoms with Crippen molar-refractivity contribution in [3.05, 3.63) is 46.8 Å². The summed E-state index contributed by atoms with van der Waals surface area (Å²) >= 11 is 6.18. The van der Waals surface area contributed by atoms with Gasteiger partial charge in [-0.25, -0.2) is 0 Å². The average molecular weight is 348 g/mol. The topological polar surface area (TPSA) is 66.7 Å². The van der Waals surface area contributed by atoms with Crippen molar-refractivity contribution < 1.29 is 14.1 Å². The van der Waals surface area contributed by atoms with Gasteiger partial charge in [0.2, 0.25) is 11.8 Å². The van der Waals surface area contributed by atoms with Crippen molar-refractivity contribution in [1.29, 1.82) is 0 Å². The molecule has 1 atom stereocenters. The molecule has 1 aromatic heterocycles. The molecule has 1 aromatic carbocycles. The van der Waals surface area contributed by atoms with E-state index in [-0.39, 0.29) is 18.2 Å². The van der Waals surface area contributed by atoms with Crippen molar-refractivity contribution in [2.75, 3.05) is 18.5 Å². The predicted octanol–water partition coefficient (Wildman–Crippen LogP) is 2.44. The van der Waals surface area contributed by atoms with Gasteiger partial charge in [-0.05, 0) is 25.5 Å². The minimum Gasteiger partial charge on any atom is -0.361 e. The molecule has 1 aliphatic rings. The van der Waals surface area contributed by atoms with Crippen LogP contribution in [0.4, 0.5) is 5.69 Å². The zero-order valence-electron chi connectivity index (χ0n) is 13.5. The van der Waals surface area contributed by atoms with Crippen molar-refractivity contribution >= 4 is 29.1 Å². The Morgan fingerprint density at radius 1 is 1.46 bits per heavy atom. The molecule has 1 fully saturated rings. The molecule has 0 bridgehead atoms. The van der Waals surface area contributed by atoms with E-state index in [1.807, 2.05) is 18.2 Å². The molecule has 2 aromatic rings. The average Bonchev–Trinajstić information content (AvgIpc) is 3.13. The van der Waals surface area contributed by atoms with Gasteiger partial charge in [-0.2, -0.15) is 0 Å². The number of para-hydroxylation sites is 1. The van der Waals surface area contributed by atoms with E-state index in [1.165, 1.54) is 4.90 Å². The number of nitrogens with zero attached hydrogens (tertiary/aromatic N) is 3. The molecule has 0 saturated carbocycles. The van der Waals surface area contributed by atoms with Crippen molar-refractivity contribution in [1.82, 2.24) is 10.1 Å². The van der Waals surface area contributed by atoms with Crippen LogP contribution in [0.1, 0.15) is 17.9 Å². The summed E-state index contributed by atoms with van der Waals surface area (Å²) in [5.74, 6) is 0.375. The van der Waals surface area contributed by atoms with Crippen LogP contribution in [0.25, 0.3) is 0 Å². The normalized spacial score (nSPS) is 17.4. The number of carbonyl (C=O) groups excluding carboxylic acids is 2. The highest BCUT2D eigenvalue weighted by Gasteiger charge is 2.37. The maximum atomic E-state index is 12.7. The zero-order chi connectivity index (χ0) is 17.3. The monoisotopic (exact) mass is 347 g/mol. The summed E-state index contributed by atoms with van der Waals surface area (Å²) in [5, 5.41) is 4.35. The second kappa shape index (κ2) is 6.65. The second-order valence-electron chi connectivity index (χ2n) is 5.86. The molecule has 2 amide bonds. The van der Waals surface area contributed by atoms with Gasteiger partial charge in [0.15, 0.2) is 0 Å². The molecule has 3 rings (SSSR count). The maximum absolute atomic E-state index is 12.7. The highest BCUT2D eigenvalue weighted by Crippen LogP contribution is 2.30. The Kier molecular flexibility index (Phi) is 4.57. The number of amides is 2. The molecule has 2 heterocycles. The lowest BCUT2D eigenvalue weighted by atomic mass is 10.2. The van der Waals surface area contributed by atoms with E-state index < -0.39 is 6.04 Å². The predicted molar refractivity (Wildman–Crippen MR) is 89.9 cm³/mol. The minimum atomic E-state index is -0.484. The van der Waals surface area contributed by atoms with Crippen molar-refractivity contribution in [2.45, 2.75) is 25.8 Å². The summed E-state index contributed by atoms with van der Waals surface area (Å²) < 4.78 is 4.97. The molecular formula is C17H18ClN3O3. The molecule has 1 saturated heterocycles. The van der Waals surface area contributed by atoms with E-state index in [9.17, 15) is 9.59 Å². The molecule has 0 unspecified atom stereocenters. The summed E-state index contributed by atoms with van der Waals surface area (Å²) in [6, 6.07) is 8.45. The van der Waals surface area contributed by atoms with Crippen LogP contribution < -0.4 is 4.90 Å². The summed E-state index contributed by atoms with van der Waals surface area (Å²) in [6.45, 7) is 2.31. The Bertz CT molecular complexity index is 774. The van der Waals surface area contributed by atoms with Crippen LogP contribution in [0.5, 0.6) is 0 Å². The van der Waals surface area contributed by atoms with Crippen molar-refractivity contribution in [3.63, 3.8) is 0 Å². The number of likely N-dealkylation sites (N-methyl/N-ethyl adjacent to an activating group) is 1. The van der Waals surface area contributed by atoms with E-state index in [4.69, 9.17) is 16.1 Å². The first kappa shape index (κ1) is 16.5. The van der Waals surface area contributed by atoms with Crippen LogP contribution >= 0.6 is 11.6 Å². The first-order chi connectivity index (χ1) is 11.5. The lowest BCUT2D eigenvalue weighted by Crippen LogP contribution is -2.43.